The van der Waals surface area contributed by atoms with Crippen LogP contribution in [0.2, 0.25) is 0 Å². The Hall–Kier alpha value is -5.00. The Morgan fingerprint density at radius 3 is 2.29 bits per heavy atom. The molecule has 0 atom stereocenters. The van der Waals surface area contributed by atoms with E-state index in [4.69, 9.17) is 9.47 Å². The van der Waals surface area contributed by atoms with Crippen molar-refractivity contribution in [2.45, 2.75) is 6.54 Å². The van der Waals surface area contributed by atoms with E-state index in [0.717, 1.165) is 17.7 Å². The molecule has 3 aromatic carbocycles. The van der Waals surface area contributed by atoms with Crippen LogP contribution in [0.15, 0.2) is 66.7 Å². The molecule has 0 radical (unpaired) electrons. The lowest BCUT2D eigenvalue weighted by atomic mass is 10.1. The molecule has 1 amide bonds. The molecule has 12 nitrogen and oxygen atoms in total. The quantitative estimate of drug-likeness (QED) is 0.249. The molecule has 0 aromatic heterocycles. The fourth-order valence-electron chi connectivity index (χ4n) is 3.05. The molecule has 0 aliphatic carbocycles. The lowest BCUT2D eigenvalue weighted by Gasteiger charge is -2.12. The highest BCUT2D eigenvalue weighted by Crippen LogP contribution is 2.29. The van der Waals surface area contributed by atoms with Gasteiger partial charge in [-0.15, -0.1) is 0 Å². The molecule has 0 saturated carbocycles. The van der Waals surface area contributed by atoms with Crippen molar-refractivity contribution in [3.8, 4) is 5.75 Å². The maximum Gasteiger partial charge on any atom is 0.341 e. The van der Waals surface area contributed by atoms with Gasteiger partial charge in [0.25, 0.3) is 17.3 Å². The number of anilines is 2. The van der Waals surface area contributed by atoms with Gasteiger partial charge in [0.1, 0.15) is 11.4 Å². The molecule has 35 heavy (non-hydrogen) atoms. The van der Waals surface area contributed by atoms with Crippen molar-refractivity contribution >= 4 is 34.6 Å². The molecule has 12 heteroatoms. The highest BCUT2D eigenvalue weighted by atomic mass is 16.6. The van der Waals surface area contributed by atoms with Crippen molar-refractivity contribution in [3.05, 3.63) is 98.1 Å². The Labute approximate surface area is 198 Å². The third-order valence-corrected chi connectivity index (χ3v) is 4.77. The van der Waals surface area contributed by atoms with Crippen molar-refractivity contribution in [2.75, 3.05) is 24.4 Å². The van der Waals surface area contributed by atoms with Gasteiger partial charge in [-0.25, -0.2) is 4.79 Å². The van der Waals surface area contributed by atoms with Gasteiger partial charge in [0.15, 0.2) is 6.61 Å². The zero-order valence-electron chi connectivity index (χ0n) is 18.4. The van der Waals surface area contributed by atoms with Gasteiger partial charge in [0, 0.05) is 24.4 Å². The number of methoxy groups -OCH3 is 1. The first kappa shape index (κ1) is 24.6. The molecule has 2 N–H and O–H groups in total. The molecule has 0 heterocycles. The Morgan fingerprint density at radius 2 is 1.63 bits per heavy atom. The van der Waals surface area contributed by atoms with Gasteiger partial charge in [-0.05, 0) is 23.8 Å². The predicted molar refractivity (Wildman–Crippen MR) is 125 cm³/mol. The number of non-ortho nitro benzene ring substituents is 1. The lowest BCUT2D eigenvalue weighted by molar-refractivity contribution is -0.384. The van der Waals surface area contributed by atoms with Gasteiger partial charge in [-0.2, -0.15) is 0 Å². The zero-order chi connectivity index (χ0) is 25.4. The topological polar surface area (TPSA) is 163 Å². The van der Waals surface area contributed by atoms with Crippen molar-refractivity contribution in [3.63, 3.8) is 0 Å². The fourth-order valence-corrected chi connectivity index (χ4v) is 3.05. The second-order valence-electron chi connectivity index (χ2n) is 7.09. The summed E-state index contributed by atoms with van der Waals surface area (Å²) in [5.74, 6) is -1.60. The summed E-state index contributed by atoms with van der Waals surface area (Å²) in [6, 6.07) is 16.7. The van der Waals surface area contributed by atoms with Crippen LogP contribution in [-0.4, -0.2) is 35.4 Å². The van der Waals surface area contributed by atoms with E-state index in [1.54, 1.807) is 0 Å². The molecule has 0 saturated heterocycles. The van der Waals surface area contributed by atoms with E-state index >= 15 is 0 Å². The van der Waals surface area contributed by atoms with Crippen molar-refractivity contribution in [1.82, 2.24) is 0 Å². The minimum Gasteiger partial charge on any atom is -0.496 e. The molecule has 0 aliphatic heterocycles. The number of carbonyl (C=O) groups is 2. The Morgan fingerprint density at radius 1 is 0.914 bits per heavy atom. The number of amides is 1. The summed E-state index contributed by atoms with van der Waals surface area (Å²) >= 11 is 0. The number of rotatable bonds is 10. The van der Waals surface area contributed by atoms with Crippen LogP contribution >= 0.6 is 0 Å². The van der Waals surface area contributed by atoms with Crippen molar-refractivity contribution in [2.24, 2.45) is 0 Å². The maximum atomic E-state index is 12.7. The van der Waals surface area contributed by atoms with E-state index in [1.165, 1.54) is 31.4 Å². The van der Waals surface area contributed by atoms with E-state index in [9.17, 15) is 29.8 Å². The van der Waals surface area contributed by atoms with Crippen LogP contribution in [0.25, 0.3) is 0 Å². The SMILES string of the molecule is COc1ccc(NC(=O)COC(=O)c2cc([N+](=O)[O-])ccc2NCc2ccccc2)c([N+](=O)[O-])c1. The van der Waals surface area contributed by atoms with Crippen LogP contribution in [0.4, 0.5) is 22.7 Å². The molecule has 0 fully saturated rings. The first-order valence-electron chi connectivity index (χ1n) is 10.1. The monoisotopic (exact) mass is 480 g/mol. The summed E-state index contributed by atoms with van der Waals surface area (Å²) < 4.78 is 9.96. The first-order chi connectivity index (χ1) is 16.8. The van der Waals surface area contributed by atoms with Crippen molar-refractivity contribution < 1.29 is 28.9 Å². The molecular formula is C23H20N4O8. The molecule has 3 rings (SSSR count). The second kappa shape index (κ2) is 11.2. The summed E-state index contributed by atoms with van der Waals surface area (Å²) in [6.45, 7) is -0.441. The van der Waals surface area contributed by atoms with Crippen LogP contribution in [0, 0.1) is 20.2 Å². The number of nitrogens with zero attached hydrogens (tertiary/aromatic N) is 2. The van der Waals surface area contributed by atoms with Crippen LogP contribution < -0.4 is 15.4 Å². The summed E-state index contributed by atoms with van der Waals surface area (Å²) in [7, 11) is 1.34. The standard InChI is InChI=1S/C23H20N4O8/c1-34-17-8-10-20(21(12-17)27(32)33)25-22(28)14-35-23(29)18-11-16(26(30)31)7-9-19(18)24-13-15-5-3-2-4-6-15/h2-12,24H,13-14H2,1H3,(H,25,28). The van der Waals surface area contributed by atoms with Gasteiger partial charge in [0.2, 0.25) is 0 Å². The fraction of sp³-hybridized carbons (Fsp3) is 0.130. The largest absolute Gasteiger partial charge is 0.496 e. The molecule has 0 aliphatic rings. The zero-order valence-corrected chi connectivity index (χ0v) is 18.4. The number of hydrogen-bond donors (Lipinski definition) is 2. The number of nitro groups is 2. The summed E-state index contributed by atoms with van der Waals surface area (Å²) in [6.07, 6.45) is 0. The lowest BCUT2D eigenvalue weighted by Crippen LogP contribution is -2.22. The van der Waals surface area contributed by atoms with Crippen molar-refractivity contribution in [1.29, 1.82) is 0 Å². The minimum absolute atomic E-state index is 0.114. The average Bonchev–Trinajstić information content (AvgIpc) is 2.86. The Kier molecular flexibility index (Phi) is 7.90. The van der Waals surface area contributed by atoms with Gasteiger partial charge < -0.3 is 20.1 Å². The smallest absolute Gasteiger partial charge is 0.341 e. The second-order valence-corrected chi connectivity index (χ2v) is 7.09. The minimum atomic E-state index is -0.983. The number of esters is 1. The third kappa shape index (κ3) is 6.51. The summed E-state index contributed by atoms with van der Waals surface area (Å²) in [5, 5.41) is 27.8. The molecule has 180 valence electrons. The summed E-state index contributed by atoms with van der Waals surface area (Å²) in [4.78, 5) is 46.0. The normalized spacial score (nSPS) is 10.2. The highest BCUT2D eigenvalue weighted by molar-refractivity contribution is 5.99. The van der Waals surface area contributed by atoms with Crippen LogP contribution in [0.3, 0.4) is 0 Å². The predicted octanol–water partition coefficient (Wildman–Crippen LogP) is 3.92. The summed E-state index contributed by atoms with van der Waals surface area (Å²) in [5.41, 5.74) is 0.188. The molecular weight excluding hydrogens is 460 g/mol. The molecule has 3 aromatic rings. The van der Waals surface area contributed by atoms with Crippen LogP contribution in [0.1, 0.15) is 15.9 Å². The molecule has 0 bridgehead atoms. The molecule has 0 unspecified atom stereocenters. The van der Waals surface area contributed by atoms with Gasteiger partial charge in [0.05, 0.1) is 28.6 Å². The Balaban J connectivity index is 1.71. The first-order valence-corrected chi connectivity index (χ1v) is 10.1. The number of nitro benzene ring substituents is 2. The number of nitrogens with one attached hydrogen (secondary N) is 2. The van der Waals surface area contributed by atoms with Gasteiger partial charge in [-0.1, -0.05) is 30.3 Å². The third-order valence-electron chi connectivity index (χ3n) is 4.77. The van der Waals surface area contributed by atoms with E-state index in [2.05, 4.69) is 10.6 Å². The van der Waals surface area contributed by atoms with Crippen LogP contribution in [0.5, 0.6) is 5.75 Å². The Bertz CT molecular complexity index is 1260. The number of benzene rings is 3. The van der Waals surface area contributed by atoms with E-state index < -0.39 is 34.0 Å². The average molecular weight is 480 g/mol. The van der Waals surface area contributed by atoms with E-state index in [0.29, 0.717) is 6.54 Å². The van der Waals surface area contributed by atoms with Gasteiger partial charge >= 0.3 is 5.97 Å². The number of ether oxygens (including phenoxy) is 2. The van der Waals surface area contributed by atoms with Gasteiger partial charge in [-0.3, -0.25) is 25.0 Å². The number of hydrogen-bond acceptors (Lipinski definition) is 9. The van der Waals surface area contributed by atoms with E-state index in [-0.39, 0.29) is 28.4 Å². The highest BCUT2D eigenvalue weighted by Gasteiger charge is 2.21. The number of carbonyl (C=O) groups excluding carboxylic acids is 2. The van der Waals surface area contributed by atoms with E-state index in [1.807, 2.05) is 30.3 Å². The molecule has 0 spiro atoms. The maximum absolute atomic E-state index is 12.7. The van der Waals surface area contributed by atoms with Crippen LogP contribution in [-0.2, 0) is 16.1 Å².